The third kappa shape index (κ3) is 3.36. The molecule has 4 aliphatic rings. The lowest BCUT2D eigenvalue weighted by Crippen LogP contribution is -2.59. The van der Waals surface area contributed by atoms with Crippen molar-refractivity contribution in [2.75, 3.05) is 0 Å². The Bertz CT molecular complexity index is 707. The number of hydrogen-bond donors (Lipinski definition) is 2. The van der Waals surface area contributed by atoms with Crippen LogP contribution in [0, 0.1) is 46.3 Å². The van der Waals surface area contributed by atoms with Crippen molar-refractivity contribution in [3.8, 4) is 0 Å². The number of aliphatic hydroxyl groups excluding tert-OH is 1. The van der Waals surface area contributed by atoms with Gasteiger partial charge >= 0.3 is 0 Å². The monoisotopic (exact) mass is 414 g/mol. The zero-order chi connectivity index (χ0) is 21.9. The second-order valence-electron chi connectivity index (χ2n) is 12.4. The van der Waals surface area contributed by atoms with Gasteiger partial charge in [-0.3, -0.25) is 0 Å². The van der Waals surface area contributed by atoms with Gasteiger partial charge in [-0.1, -0.05) is 65.3 Å². The molecule has 2 heteroatoms. The largest absolute Gasteiger partial charge is 0.393 e. The molecule has 0 amide bonds. The first-order valence-corrected chi connectivity index (χ1v) is 12.8. The molecule has 0 aromatic rings. The van der Waals surface area contributed by atoms with Crippen molar-refractivity contribution in [2.45, 2.75) is 105 Å². The van der Waals surface area contributed by atoms with Crippen LogP contribution in [-0.2, 0) is 0 Å². The van der Waals surface area contributed by atoms with Gasteiger partial charge < -0.3 is 10.2 Å². The molecule has 0 saturated heterocycles. The highest BCUT2D eigenvalue weighted by molar-refractivity contribution is 5.30. The average molecular weight is 415 g/mol. The molecular weight excluding hydrogens is 368 g/mol. The Morgan fingerprint density at radius 3 is 2.40 bits per heavy atom. The molecule has 9 atom stereocenters. The van der Waals surface area contributed by atoms with Gasteiger partial charge in [-0.25, -0.2) is 0 Å². The van der Waals surface area contributed by atoms with E-state index in [0.717, 1.165) is 25.2 Å². The Hall–Kier alpha value is -0.600. The van der Waals surface area contributed by atoms with Gasteiger partial charge in [0.1, 0.15) is 0 Å². The standard InChI is InChI=1S/C28H46O2/c1-18(2)19(3)7-8-20(4)23-9-10-24-22-12-16-28(30)17-21(29)11-15-27(28,6)25(22)13-14-26(23,24)5/h7-8,12,18-21,23-25,29-30H,9-11,13-17H2,1-6H3/b8-7+/t19-,20+,21+,23-,24+,25+,26+,27-,28-/m0/s1. The third-order valence-corrected chi connectivity index (χ3v) is 10.7. The van der Waals surface area contributed by atoms with E-state index < -0.39 is 5.60 Å². The molecule has 0 heterocycles. The highest BCUT2D eigenvalue weighted by Gasteiger charge is 2.62. The van der Waals surface area contributed by atoms with Crippen LogP contribution in [0.5, 0.6) is 0 Å². The second-order valence-corrected chi connectivity index (χ2v) is 12.4. The van der Waals surface area contributed by atoms with Crippen molar-refractivity contribution in [1.82, 2.24) is 0 Å². The van der Waals surface area contributed by atoms with Crippen molar-refractivity contribution in [3.05, 3.63) is 23.8 Å². The summed E-state index contributed by atoms with van der Waals surface area (Å²) in [5.74, 6) is 3.95. The molecule has 2 nitrogen and oxygen atoms in total. The van der Waals surface area contributed by atoms with Crippen LogP contribution in [0.3, 0.4) is 0 Å². The molecule has 3 fully saturated rings. The fourth-order valence-electron chi connectivity index (χ4n) is 8.10. The van der Waals surface area contributed by atoms with Crippen LogP contribution < -0.4 is 0 Å². The van der Waals surface area contributed by atoms with Gasteiger partial charge in [0.15, 0.2) is 0 Å². The van der Waals surface area contributed by atoms with Crippen LogP contribution in [0.15, 0.2) is 23.8 Å². The highest BCUT2D eigenvalue weighted by Crippen LogP contribution is 2.67. The summed E-state index contributed by atoms with van der Waals surface area (Å²) < 4.78 is 0. The van der Waals surface area contributed by atoms with E-state index in [1.54, 1.807) is 5.57 Å². The van der Waals surface area contributed by atoms with E-state index in [0.29, 0.717) is 41.4 Å². The van der Waals surface area contributed by atoms with E-state index in [2.05, 4.69) is 59.8 Å². The maximum atomic E-state index is 11.6. The molecule has 0 unspecified atom stereocenters. The minimum atomic E-state index is -0.715. The second kappa shape index (κ2) is 7.77. The topological polar surface area (TPSA) is 40.5 Å². The molecule has 170 valence electrons. The first-order valence-electron chi connectivity index (χ1n) is 12.8. The van der Waals surface area contributed by atoms with E-state index in [-0.39, 0.29) is 11.5 Å². The zero-order valence-electron chi connectivity index (χ0n) is 20.3. The maximum Gasteiger partial charge on any atom is 0.0765 e. The van der Waals surface area contributed by atoms with Crippen LogP contribution in [-0.4, -0.2) is 21.9 Å². The van der Waals surface area contributed by atoms with Crippen LogP contribution in [0.25, 0.3) is 0 Å². The lowest BCUT2D eigenvalue weighted by atomic mass is 9.46. The molecule has 0 spiro atoms. The Morgan fingerprint density at radius 2 is 1.70 bits per heavy atom. The van der Waals surface area contributed by atoms with Crippen molar-refractivity contribution in [1.29, 1.82) is 0 Å². The van der Waals surface area contributed by atoms with Gasteiger partial charge in [-0.15, -0.1) is 0 Å². The Morgan fingerprint density at radius 1 is 0.967 bits per heavy atom. The van der Waals surface area contributed by atoms with Crippen molar-refractivity contribution in [2.24, 2.45) is 46.3 Å². The van der Waals surface area contributed by atoms with Gasteiger partial charge in [-0.05, 0) is 85.9 Å². The lowest BCUT2D eigenvalue weighted by Gasteiger charge is -2.61. The SMILES string of the molecule is CC(C)[C@@H](C)/C=C/[C@@H](C)[C@@H]1CC[C@@H]2C3=CC[C@]4(O)C[C@H](O)CC[C@@]4(C)[C@@H]3CC[C@@]21C. The summed E-state index contributed by atoms with van der Waals surface area (Å²) in [5, 5.41) is 21.8. The molecule has 4 aliphatic carbocycles. The third-order valence-electron chi connectivity index (χ3n) is 10.7. The summed E-state index contributed by atoms with van der Waals surface area (Å²) in [4.78, 5) is 0. The minimum absolute atomic E-state index is 0.0616. The fraction of sp³-hybridized carbons (Fsp3) is 0.857. The van der Waals surface area contributed by atoms with Crippen LogP contribution in [0.4, 0.5) is 0 Å². The molecule has 30 heavy (non-hydrogen) atoms. The molecule has 0 aliphatic heterocycles. The van der Waals surface area contributed by atoms with Crippen molar-refractivity contribution < 1.29 is 10.2 Å². The molecule has 2 N–H and O–H groups in total. The maximum absolute atomic E-state index is 11.6. The predicted molar refractivity (Wildman–Crippen MR) is 125 cm³/mol. The lowest BCUT2D eigenvalue weighted by molar-refractivity contribution is -0.168. The molecular formula is C28H46O2. The fourth-order valence-corrected chi connectivity index (χ4v) is 8.10. The van der Waals surface area contributed by atoms with E-state index in [1.807, 2.05) is 0 Å². The molecule has 0 radical (unpaired) electrons. The van der Waals surface area contributed by atoms with Crippen LogP contribution >= 0.6 is 0 Å². The summed E-state index contributed by atoms with van der Waals surface area (Å²) in [6.45, 7) is 14.3. The number of fused-ring (bicyclic) bond motifs is 5. The molecule has 0 bridgehead atoms. The Balaban J connectivity index is 1.57. The van der Waals surface area contributed by atoms with Gasteiger partial charge in [-0.2, -0.15) is 0 Å². The molecule has 0 aromatic carbocycles. The summed E-state index contributed by atoms with van der Waals surface area (Å²) >= 11 is 0. The summed E-state index contributed by atoms with van der Waals surface area (Å²) in [5.41, 5.74) is 1.30. The van der Waals surface area contributed by atoms with Crippen LogP contribution in [0.1, 0.15) is 92.9 Å². The summed E-state index contributed by atoms with van der Waals surface area (Å²) in [7, 11) is 0. The van der Waals surface area contributed by atoms with E-state index in [4.69, 9.17) is 0 Å². The van der Waals surface area contributed by atoms with Crippen molar-refractivity contribution in [3.63, 3.8) is 0 Å². The summed E-state index contributed by atoms with van der Waals surface area (Å²) in [6, 6.07) is 0. The van der Waals surface area contributed by atoms with Gasteiger partial charge in [0.05, 0.1) is 11.7 Å². The highest BCUT2D eigenvalue weighted by atomic mass is 16.3. The van der Waals surface area contributed by atoms with Gasteiger partial charge in [0.2, 0.25) is 0 Å². The van der Waals surface area contributed by atoms with Gasteiger partial charge in [0.25, 0.3) is 0 Å². The smallest absolute Gasteiger partial charge is 0.0765 e. The van der Waals surface area contributed by atoms with E-state index in [9.17, 15) is 10.2 Å². The Labute approximate surface area is 185 Å². The minimum Gasteiger partial charge on any atom is -0.393 e. The van der Waals surface area contributed by atoms with Gasteiger partial charge in [0, 0.05) is 11.8 Å². The first-order chi connectivity index (χ1) is 14.0. The predicted octanol–water partition coefficient (Wildman–Crippen LogP) is 6.53. The molecule has 3 saturated carbocycles. The Kier molecular flexibility index (Phi) is 5.85. The van der Waals surface area contributed by atoms with E-state index in [1.165, 1.54) is 25.7 Å². The zero-order valence-corrected chi connectivity index (χ0v) is 20.3. The molecule has 4 rings (SSSR count). The quantitative estimate of drug-likeness (QED) is 0.514. The van der Waals surface area contributed by atoms with Crippen LogP contribution in [0.2, 0.25) is 0 Å². The van der Waals surface area contributed by atoms with Crippen molar-refractivity contribution >= 4 is 0 Å². The molecule has 0 aromatic heterocycles. The number of aliphatic hydroxyl groups is 2. The normalized spacial score (nSPS) is 48.1. The number of hydrogen-bond acceptors (Lipinski definition) is 2. The summed E-state index contributed by atoms with van der Waals surface area (Å²) in [6.07, 6.45) is 15.4. The van der Waals surface area contributed by atoms with E-state index >= 15 is 0 Å². The average Bonchev–Trinajstić information content (AvgIpc) is 3.04. The number of allylic oxidation sites excluding steroid dienone is 3. The first kappa shape index (κ1) is 22.6. The number of rotatable bonds is 4.